The summed E-state index contributed by atoms with van der Waals surface area (Å²) < 4.78 is 0. The molecule has 0 saturated carbocycles. The standard InChI is InChI=1S/C22H36N2/c1-12(2)19-11-14(5)24(10)18(9)16(7)20-15(6)17(8)23-22(13(3)4)21(19)20/h12-14,19H,11H2,1-10H3/b18-16-/t14-,19?/m1/s1. The van der Waals surface area contributed by atoms with Crippen molar-refractivity contribution in [3.63, 3.8) is 0 Å². The lowest BCUT2D eigenvalue weighted by Gasteiger charge is -2.39. The Morgan fingerprint density at radius 3 is 2.12 bits per heavy atom. The van der Waals surface area contributed by atoms with Crippen molar-refractivity contribution in [3.05, 3.63) is 33.8 Å². The van der Waals surface area contributed by atoms with Gasteiger partial charge in [0.25, 0.3) is 0 Å². The number of fused-ring (bicyclic) bond motifs is 1. The molecule has 1 unspecified atom stereocenters. The van der Waals surface area contributed by atoms with Gasteiger partial charge in [0.1, 0.15) is 0 Å². The van der Waals surface area contributed by atoms with Gasteiger partial charge in [-0.2, -0.15) is 0 Å². The van der Waals surface area contributed by atoms with Crippen LogP contribution in [0, 0.1) is 19.8 Å². The lowest BCUT2D eigenvalue weighted by Crippen LogP contribution is -2.33. The minimum atomic E-state index is 0.458. The van der Waals surface area contributed by atoms with E-state index in [1.165, 1.54) is 45.8 Å². The number of hydrogen-bond donors (Lipinski definition) is 0. The zero-order valence-electron chi connectivity index (χ0n) is 17.4. The molecule has 0 aliphatic carbocycles. The molecule has 0 amide bonds. The maximum absolute atomic E-state index is 5.06. The molecule has 0 radical (unpaired) electrons. The summed E-state index contributed by atoms with van der Waals surface area (Å²) in [6.45, 7) is 20.7. The Labute approximate surface area is 149 Å². The van der Waals surface area contributed by atoms with E-state index >= 15 is 0 Å². The Morgan fingerprint density at radius 1 is 1.04 bits per heavy atom. The van der Waals surface area contributed by atoms with Gasteiger partial charge in [-0.1, -0.05) is 27.7 Å². The number of rotatable bonds is 2. The summed E-state index contributed by atoms with van der Waals surface area (Å²) in [5.74, 6) is 1.64. The first-order chi connectivity index (χ1) is 11.1. The summed E-state index contributed by atoms with van der Waals surface area (Å²) in [5, 5.41) is 0. The van der Waals surface area contributed by atoms with E-state index in [1.807, 2.05) is 0 Å². The van der Waals surface area contributed by atoms with Crippen LogP contribution >= 0.6 is 0 Å². The number of hydrogen-bond acceptors (Lipinski definition) is 2. The second kappa shape index (κ2) is 6.90. The van der Waals surface area contributed by atoms with E-state index in [1.54, 1.807) is 0 Å². The number of aryl methyl sites for hydroxylation is 1. The highest BCUT2D eigenvalue weighted by Gasteiger charge is 2.32. The third kappa shape index (κ3) is 3.12. The fraction of sp³-hybridized carbons (Fsp3) is 0.682. The van der Waals surface area contributed by atoms with Crippen LogP contribution in [0.4, 0.5) is 0 Å². The highest BCUT2D eigenvalue weighted by molar-refractivity contribution is 5.73. The largest absolute Gasteiger partial charge is 0.375 e. The summed E-state index contributed by atoms with van der Waals surface area (Å²) in [6.07, 6.45) is 1.19. The molecule has 134 valence electrons. The van der Waals surface area contributed by atoms with E-state index in [0.29, 0.717) is 23.8 Å². The molecule has 0 N–H and O–H groups in total. The minimum absolute atomic E-state index is 0.458. The van der Waals surface area contributed by atoms with Crippen molar-refractivity contribution in [2.24, 2.45) is 5.92 Å². The summed E-state index contributed by atoms with van der Waals surface area (Å²) in [7, 11) is 2.25. The molecular formula is C22H36N2. The molecule has 2 heteroatoms. The fourth-order valence-electron chi connectivity index (χ4n) is 4.16. The van der Waals surface area contributed by atoms with Crippen molar-refractivity contribution in [2.75, 3.05) is 7.05 Å². The Kier molecular flexibility index (Phi) is 5.47. The average molecular weight is 329 g/mol. The number of nitrogens with zero attached hydrogens (tertiary/aromatic N) is 2. The molecule has 2 nitrogen and oxygen atoms in total. The molecule has 0 spiro atoms. The first kappa shape index (κ1) is 19.0. The highest BCUT2D eigenvalue weighted by atomic mass is 15.1. The lowest BCUT2D eigenvalue weighted by atomic mass is 9.75. The van der Waals surface area contributed by atoms with Crippen LogP contribution in [-0.2, 0) is 0 Å². The quantitative estimate of drug-likeness (QED) is 0.658. The summed E-state index contributed by atoms with van der Waals surface area (Å²) >= 11 is 0. The zero-order chi connectivity index (χ0) is 18.3. The molecule has 1 aromatic heterocycles. The number of allylic oxidation sites excluding steroid dienone is 2. The molecule has 1 aliphatic heterocycles. The third-order valence-electron chi connectivity index (χ3n) is 6.18. The second-order valence-electron chi connectivity index (χ2n) is 8.41. The van der Waals surface area contributed by atoms with Crippen LogP contribution in [0.3, 0.4) is 0 Å². The van der Waals surface area contributed by atoms with Crippen molar-refractivity contribution >= 4 is 5.57 Å². The SMILES string of the molecule is C/C1=C(\C)N(C)[C@H](C)CC(C(C)C)c2c(C(C)C)nc(C)c(C)c21. The highest BCUT2D eigenvalue weighted by Crippen LogP contribution is 2.43. The molecule has 24 heavy (non-hydrogen) atoms. The van der Waals surface area contributed by atoms with Gasteiger partial charge in [0.15, 0.2) is 0 Å². The smallest absolute Gasteiger partial charge is 0.0473 e. The van der Waals surface area contributed by atoms with E-state index < -0.39 is 0 Å². The average Bonchev–Trinajstić information content (AvgIpc) is 2.51. The van der Waals surface area contributed by atoms with Crippen molar-refractivity contribution in [2.45, 2.75) is 86.6 Å². The minimum Gasteiger partial charge on any atom is -0.375 e. The number of pyridine rings is 1. The van der Waals surface area contributed by atoms with Gasteiger partial charge >= 0.3 is 0 Å². The van der Waals surface area contributed by atoms with Crippen LogP contribution in [0.15, 0.2) is 5.70 Å². The maximum Gasteiger partial charge on any atom is 0.0473 e. The van der Waals surface area contributed by atoms with Crippen LogP contribution < -0.4 is 0 Å². The second-order valence-corrected chi connectivity index (χ2v) is 8.41. The Morgan fingerprint density at radius 2 is 1.62 bits per heavy atom. The van der Waals surface area contributed by atoms with Crippen LogP contribution in [0.1, 0.15) is 94.8 Å². The van der Waals surface area contributed by atoms with E-state index in [0.717, 1.165) is 0 Å². The summed E-state index contributed by atoms with van der Waals surface area (Å²) in [4.78, 5) is 7.53. The van der Waals surface area contributed by atoms with Gasteiger partial charge in [-0.15, -0.1) is 0 Å². The maximum atomic E-state index is 5.06. The molecule has 0 bridgehead atoms. The molecular weight excluding hydrogens is 292 g/mol. The van der Waals surface area contributed by atoms with Crippen molar-refractivity contribution in [1.82, 2.24) is 9.88 Å². The van der Waals surface area contributed by atoms with Crippen molar-refractivity contribution in [3.8, 4) is 0 Å². The molecule has 2 rings (SSSR count). The van der Waals surface area contributed by atoms with Gasteiger partial charge in [-0.25, -0.2) is 0 Å². The van der Waals surface area contributed by atoms with E-state index in [9.17, 15) is 0 Å². The van der Waals surface area contributed by atoms with Crippen molar-refractivity contribution in [1.29, 1.82) is 0 Å². The number of aromatic nitrogens is 1. The Hall–Kier alpha value is -1.31. The van der Waals surface area contributed by atoms with Gasteiger partial charge < -0.3 is 4.90 Å². The molecule has 0 saturated heterocycles. The molecule has 2 heterocycles. The normalized spacial score (nSPS) is 25.1. The van der Waals surface area contributed by atoms with Crippen LogP contribution in [0.25, 0.3) is 5.57 Å². The van der Waals surface area contributed by atoms with E-state index in [4.69, 9.17) is 4.98 Å². The fourth-order valence-corrected chi connectivity index (χ4v) is 4.16. The van der Waals surface area contributed by atoms with Gasteiger partial charge in [0.05, 0.1) is 0 Å². The van der Waals surface area contributed by atoms with Crippen LogP contribution in [0.2, 0.25) is 0 Å². The molecule has 0 fully saturated rings. The molecule has 1 aromatic rings. The van der Waals surface area contributed by atoms with E-state index in [2.05, 4.69) is 74.3 Å². The monoisotopic (exact) mass is 328 g/mol. The van der Waals surface area contributed by atoms with Crippen LogP contribution in [0.5, 0.6) is 0 Å². The third-order valence-corrected chi connectivity index (χ3v) is 6.18. The van der Waals surface area contributed by atoms with Crippen LogP contribution in [-0.4, -0.2) is 23.0 Å². The predicted molar refractivity (Wildman–Crippen MR) is 105 cm³/mol. The summed E-state index contributed by atoms with van der Waals surface area (Å²) in [5.41, 5.74) is 9.68. The van der Waals surface area contributed by atoms with Gasteiger partial charge in [0.2, 0.25) is 0 Å². The van der Waals surface area contributed by atoms with E-state index in [-0.39, 0.29) is 0 Å². The van der Waals surface area contributed by atoms with Gasteiger partial charge in [0, 0.05) is 30.2 Å². The Balaban J connectivity index is 2.94. The lowest BCUT2D eigenvalue weighted by molar-refractivity contribution is 0.270. The topological polar surface area (TPSA) is 16.1 Å². The first-order valence-corrected chi connectivity index (χ1v) is 9.49. The molecule has 2 atom stereocenters. The van der Waals surface area contributed by atoms with Gasteiger partial charge in [-0.05, 0) is 81.1 Å². The first-order valence-electron chi connectivity index (χ1n) is 9.49. The van der Waals surface area contributed by atoms with Gasteiger partial charge in [-0.3, -0.25) is 4.98 Å². The Bertz CT molecular complexity index is 652. The summed E-state index contributed by atoms with van der Waals surface area (Å²) in [6, 6.07) is 0.544. The molecule has 0 aromatic carbocycles. The van der Waals surface area contributed by atoms with Crippen molar-refractivity contribution < 1.29 is 0 Å². The predicted octanol–water partition coefficient (Wildman–Crippen LogP) is 6.04. The zero-order valence-corrected chi connectivity index (χ0v) is 17.4. The molecule has 1 aliphatic rings.